The maximum Gasteiger partial charge on any atom is 0.141 e. The van der Waals surface area contributed by atoms with Gasteiger partial charge in [0.05, 0.1) is 5.02 Å². The summed E-state index contributed by atoms with van der Waals surface area (Å²) in [6.07, 6.45) is 1.53. The molecule has 1 aromatic heterocycles. The van der Waals surface area contributed by atoms with Crippen molar-refractivity contribution < 1.29 is 4.39 Å². The van der Waals surface area contributed by atoms with E-state index < -0.39 is 5.82 Å². The summed E-state index contributed by atoms with van der Waals surface area (Å²) in [7, 11) is 0. The molecular weight excluding hydrogens is 365 g/mol. The first-order chi connectivity index (χ1) is 13.2. The number of benzene rings is 2. The van der Waals surface area contributed by atoms with Crippen LogP contribution in [0.5, 0.6) is 0 Å². The lowest BCUT2D eigenvalue weighted by atomic mass is 10.2. The van der Waals surface area contributed by atoms with E-state index in [1.165, 1.54) is 24.1 Å². The number of piperazine rings is 1. The molecule has 0 bridgehead atoms. The second kappa shape index (κ2) is 7.80. The number of hydrogen-bond acceptors (Lipinski definition) is 5. The molecule has 3 aromatic rings. The fraction of sp³-hybridized carbons (Fsp3) is 0.200. The van der Waals surface area contributed by atoms with Crippen molar-refractivity contribution in [3.05, 3.63) is 71.8 Å². The molecule has 0 amide bonds. The summed E-state index contributed by atoms with van der Waals surface area (Å²) in [5.74, 6) is 1.07. The SMILES string of the molecule is Fc1ccc(Nc2cc(N3CCN(c4ccccc4)CC3)ncn2)cc1Cl. The standard InChI is InChI=1S/C20H19ClFN5/c21-17-12-15(6-7-18(17)22)25-19-13-20(24-14-23-19)27-10-8-26(9-11-27)16-4-2-1-3-5-16/h1-7,12-14H,8-11H2,(H,23,24,25). The van der Waals surface area contributed by atoms with Gasteiger partial charge in [0.1, 0.15) is 23.8 Å². The lowest BCUT2D eigenvalue weighted by molar-refractivity contribution is 0.628. The van der Waals surface area contributed by atoms with Crippen molar-refractivity contribution in [2.45, 2.75) is 0 Å². The van der Waals surface area contributed by atoms with Crippen molar-refractivity contribution in [1.82, 2.24) is 9.97 Å². The zero-order valence-corrected chi connectivity index (χ0v) is 15.4. The molecule has 2 heterocycles. The normalized spacial score (nSPS) is 14.3. The lowest BCUT2D eigenvalue weighted by Gasteiger charge is -2.36. The molecule has 1 aliphatic rings. The Morgan fingerprint density at radius 3 is 2.37 bits per heavy atom. The topological polar surface area (TPSA) is 44.3 Å². The van der Waals surface area contributed by atoms with Crippen molar-refractivity contribution in [1.29, 1.82) is 0 Å². The molecule has 27 heavy (non-hydrogen) atoms. The average Bonchev–Trinajstić information content (AvgIpc) is 2.72. The third-order valence-corrected chi connectivity index (χ3v) is 4.86. The lowest BCUT2D eigenvalue weighted by Crippen LogP contribution is -2.46. The molecule has 1 aliphatic heterocycles. The number of nitrogens with zero attached hydrogens (tertiary/aromatic N) is 4. The average molecular weight is 384 g/mol. The summed E-state index contributed by atoms with van der Waals surface area (Å²) in [6.45, 7) is 3.64. The monoisotopic (exact) mass is 383 g/mol. The van der Waals surface area contributed by atoms with E-state index in [1.54, 1.807) is 6.07 Å². The van der Waals surface area contributed by atoms with Crippen LogP contribution in [0.3, 0.4) is 0 Å². The van der Waals surface area contributed by atoms with Crippen LogP contribution in [0.1, 0.15) is 0 Å². The van der Waals surface area contributed by atoms with Crippen LogP contribution in [0.4, 0.5) is 27.4 Å². The number of aromatic nitrogens is 2. The van der Waals surface area contributed by atoms with Crippen molar-refractivity contribution in [3.63, 3.8) is 0 Å². The van der Waals surface area contributed by atoms with Gasteiger partial charge in [0.25, 0.3) is 0 Å². The zero-order chi connectivity index (χ0) is 18.6. The van der Waals surface area contributed by atoms with Gasteiger partial charge in [0.15, 0.2) is 0 Å². The van der Waals surface area contributed by atoms with E-state index in [0.29, 0.717) is 11.5 Å². The first-order valence-corrected chi connectivity index (χ1v) is 9.16. The van der Waals surface area contributed by atoms with E-state index >= 15 is 0 Å². The summed E-state index contributed by atoms with van der Waals surface area (Å²) in [5.41, 5.74) is 1.93. The van der Waals surface area contributed by atoms with E-state index in [-0.39, 0.29) is 5.02 Å². The third-order valence-electron chi connectivity index (χ3n) is 4.57. The highest BCUT2D eigenvalue weighted by molar-refractivity contribution is 6.31. The number of nitrogens with one attached hydrogen (secondary N) is 1. The van der Waals surface area contributed by atoms with Gasteiger partial charge in [-0.2, -0.15) is 0 Å². The Balaban J connectivity index is 1.43. The van der Waals surface area contributed by atoms with Gasteiger partial charge >= 0.3 is 0 Å². The summed E-state index contributed by atoms with van der Waals surface area (Å²) >= 11 is 5.84. The van der Waals surface area contributed by atoms with Gasteiger partial charge in [-0.05, 0) is 30.3 Å². The van der Waals surface area contributed by atoms with Gasteiger partial charge in [-0.3, -0.25) is 0 Å². The quantitative estimate of drug-likeness (QED) is 0.726. The largest absolute Gasteiger partial charge is 0.368 e. The highest BCUT2D eigenvalue weighted by Gasteiger charge is 2.18. The molecule has 0 unspecified atom stereocenters. The number of para-hydroxylation sites is 1. The van der Waals surface area contributed by atoms with Crippen LogP contribution in [0.15, 0.2) is 60.9 Å². The number of anilines is 4. The van der Waals surface area contributed by atoms with E-state index in [2.05, 4.69) is 49.4 Å². The molecule has 7 heteroatoms. The Morgan fingerprint density at radius 1 is 0.889 bits per heavy atom. The second-order valence-electron chi connectivity index (χ2n) is 6.32. The Hall–Kier alpha value is -2.86. The molecule has 0 aliphatic carbocycles. The molecule has 1 N–H and O–H groups in total. The minimum atomic E-state index is -0.443. The smallest absolute Gasteiger partial charge is 0.141 e. The molecule has 138 valence electrons. The van der Waals surface area contributed by atoms with E-state index in [4.69, 9.17) is 11.6 Å². The predicted molar refractivity (Wildman–Crippen MR) is 108 cm³/mol. The molecule has 1 saturated heterocycles. The minimum Gasteiger partial charge on any atom is -0.368 e. The minimum absolute atomic E-state index is 0.0753. The van der Waals surface area contributed by atoms with E-state index in [9.17, 15) is 4.39 Å². The Morgan fingerprint density at radius 2 is 1.63 bits per heavy atom. The van der Waals surface area contributed by atoms with Gasteiger partial charge in [-0.15, -0.1) is 0 Å². The third kappa shape index (κ3) is 4.11. The van der Waals surface area contributed by atoms with Gasteiger partial charge in [0, 0.05) is 43.6 Å². The fourth-order valence-corrected chi connectivity index (χ4v) is 3.32. The maximum atomic E-state index is 13.3. The molecule has 0 saturated carbocycles. The van der Waals surface area contributed by atoms with Crippen molar-refractivity contribution in [2.24, 2.45) is 0 Å². The number of hydrogen-bond donors (Lipinski definition) is 1. The molecule has 0 spiro atoms. The van der Waals surface area contributed by atoms with Gasteiger partial charge in [-0.1, -0.05) is 29.8 Å². The van der Waals surface area contributed by atoms with Crippen molar-refractivity contribution in [2.75, 3.05) is 41.3 Å². The molecule has 2 aromatic carbocycles. The Bertz CT molecular complexity index is 913. The van der Waals surface area contributed by atoms with Gasteiger partial charge < -0.3 is 15.1 Å². The maximum absolute atomic E-state index is 13.3. The van der Waals surface area contributed by atoms with Crippen LogP contribution < -0.4 is 15.1 Å². The van der Waals surface area contributed by atoms with Crippen molar-refractivity contribution in [3.8, 4) is 0 Å². The summed E-state index contributed by atoms with van der Waals surface area (Å²) in [5, 5.41) is 3.22. The Labute approximate surface area is 162 Å². The van der Waals surface area contributed by atoms with Crippen LogP contribution in [0.25, 0.3) is 0 Å². The fourth-order valence-electron chi connectivity index (χ4n) is 3.14. The first kappa shape index (κ1) is 17.5. The first-order valence-electron chi connectivity index (χ1n) is 8.78. The van der Waals surface area contributed by atoms with Gasteiger partial charge in [0.2, 0.25) is 0 Å². The van der Waals surface area contributed by atoms with E-state index in [0.717, 1.165) is 32.0 Å². The van der Waals surface area contributed by atoms with Crippen LogP contribution in [-0.2, 0) is 0 Å². The number of halogens is 2. The highest BCUT2D eigenvalue weighted by atomic mass is 35.5. The van der Waals surface area contributed by atoms with Gasteiger partial charge in [-0.25, -0.2) is 14.4 Å². The molecule has 0 atom stereocenters. The van der Waals surface area contributed by atoms with E-state index in [1.807, 2.05) is 12.1 Å². The highest BCUT2D eigenvalue weighted by Crippen LogP contribution is 2.24. The Kier molecular flexibility index (Phi) is 5.07. The van der Waals surface area contributed by atoms with Crippen LogP contribution >= 0.6 is 11.6 Å². The predicted octanol–water partition coefficient (Wildman–Crippen LogP) is 4.34. The summed E-state index contributed by atoms with van der Waals surface area (Å²) < 4.78 is 13.3. The molecule has 4 rings (SSSR count). The molecular formula is C20H19ClFN5. The molecule has 0 radical (unpaired) electrons. The van der Waals surface area contributed by atoms with Crippen LogP contribution in [0.2, 0.25) is 5.02 Å². The van der Waals surface area contributed by atoms with Crippen LogP contribution in [-0.4, -0.2) is 36.1 Å². The molecule has 1 fully saturated rings. The second-order valence-corrected chi connectivity index (χ2v) is 6.73. The molecule has 5 nitrogen and oxygen atoms in total. The summed E-state index contributed by atoms with van der Waals surface area (Å²) in [4.78, 5) is 13.3. The van der Waals surface area contributed by atoms with Crippen LogP contribution in [0, 0.1) is 5.82 Å². The van der Waals surface area contributed by atoms with Crippen molar-refractivity contribution >= 4 is 34.6 Å². The summed E-state index contributed by atoms with van der Waals surface area (Å²) in [6, 6.07) is 16.8. The zero-order valence-electron chi connectivity index (χ0n) is 14.6. The number of rotatable bonds is 4.